The Hall–Kier alpha value is -4.20. The van der Waals surface area contributed by atoms with Gasteiger partial charge in [-0.1, -0.05) is 0 Å². The van der Waals surface area contributed by atoms with Gasteiger partial charge in [0.15, 0.2) is 5.60 Å². The van der Waals surface area contributed by atoms with Crippen molar-refractivity contribution in [3.8, 4) is 17.5 Å². The summed E-state index contributed by atoms with van der Waals surface area (Å²) in [7, 11) is 2.00. The topological polar surface area (TPSA) is 98.4 Å². The van der Waals surface area contributed by atoms with E-state index in [9.17, 15) is 23.3 Å². The van der Waals surface area contributed by atoms with Gasteiger partial charge < -0.3 is 39.0 Å². The number of hydrogen-bond donors (Lipinski definition) is 0. The van der Waals surface area contributed by atoms with Crippen LogP contribution >= 0.6 is 0 Å². The number of piperidine rings is 2. The van der Waals surface area contributed by atoms with Gasteiger partial charge in [-0.2, -0.15) is 0 Å². The van der Waals surface area contributed by atoms with Gasteiger partial charge in [-0.3, -0.25) is 4.57 Å². The summed E-state index contributed by atoms with van der Waals surface area (Å²) in [6.45, 7) is 6.55. The minimum Gasteiger partial charge on any atom is -0.489 e. The Labute approximate surface area is 259 Å². The van der Waals surface area contributed by atoms with Crippen LogP contribution in [0.1, 0.15) is 32.6 Å². The van der Waals surface area contributed by atoms with E-state index in [1.165, 1.54) is 18.3 Å². The van der Waals surface area contributed by atoms with Gasteiger partial charge in [-0.15, -0.1) is 13.2 Å². The average Bonchev–Trinajstić information content (AvgIpc) is 3.56. The van der Waals surface area contributed by atoms with Crippen LogP contribution in [0.3, 0.4) is 0 Å². The van der Waals surface area contributed by atoms with Gasteiger partial charge in [0.2, 0.25) is 0 Å². The standard InChI is InChI=1S/C31H37F3N6O5/c1-30(20-39-19-28(40(41)42)35-29(39)45-30)21-43-26-7-5-24(6-8-26)37-17-13-25(14-18-37)38-15-11-23(12-16-38)36(2)22-3-9-27(10-4-22)44-31(32,33)34/h3-10,19,23,25H,11-18,20-21H2,1-2H3/t30-/m1/s1. The van der Waals surface area contributed by atoms with E-state index in [1.54, 1.807) is 16.7 Å². The molecular weight excluding hydrogens is 593 g/mol. The predicted molar refractivity (Wildman–Crippen MR) is 161 cm³/mol. The number of imidazole rings is 1. The number of hydrogen-bond acceptors (Lipinski definition) is 9. The first kappa shape index (κ1) is 30.8. The Balaban J connectivity index is 0.926. The van der Waals surface area contributed by atoms with Crippen molar-refractivity contribution in [3.63, 3.8) is 0 Å². The van der Waals surface area contributed by atoms with Crippen LogP contribution in [0, 0.1) is 10.1 Å². The lowest BCUT2D eigenvalue weighted by Crippen LogP contribution is -2.50. The lowest BCUT2D eigenvalue weighted by atomic mass is 9.96. The number of rotatable bonds is 9. The quantitative estimate of drug-likeness (QED) is 0.225. The molecule has 1 atom stereocenters. The monoisotopic (exact) mass is 630 g/mol. The van der Waals surface area contributed by atoms with Crippen molar-refractivity contribution in [2.24, 2.45) is 0 Å². The molecule has 0 spiro atoms. The Morgan fingerprint density at radius 3 is 2.27 bits per heavy atom. The summed E-state index contributed by atoms with van der Waals surface area (Å²) in [6.07, 6.45) is 0.874. The van der Waals surface area contributed by atoms with Gasteiger partial charge in [-0.05, 0) is 86.1 Å². The van der Waals surface area contributed by atoms with Gasteiger partial charge in [0.1, 0.15) is 24.3 Å². The van der Waals surface area contributed by atoms with Crippen molar-refractivity contribution < 1.29 is 32.3 Å². The average molecular weight is 631 g/mol. The summed E-state index contributed by atoms with van der Waals surface area (Å²) in [5.41, 5.74) is 1.38. The lowest BCUT2D eigenvalue weighted by Gasteiger charge is -2.44. The van der Waals surface area contributed by atoms with Gasteiger partial charge in [0, 0.05) is 61.7 Å². The molecule has 2 fully saturated rings. The number of nitrogens with zero attached hydrogens (tertiary/aromatic N) is 6. The first-order valence-electron chi connectivity index (χ1n) is 15.2. The van der Waals surface area contributed by atoms with Crippen molar-refractivity contribution in [3.05, 3.63) is 64.8 Å². The van der Waals surface area contributed by atoms with Gasteiger partial charge in [0.25, 0.3) is 0 Å². The van der Waals surface area contributed by atoms with Crippen molar-refractivity contribution in [1.82, 2.24) is 14.5 Å². The highest BCUT2D eigenvalue weighted by molar-refractivity contribution is 5.50. The highest BCUT2D eigenvalue weighted by Crippen LogP contribution is 2.33. The molecule has 0 N–H and O–H groups in total. The molecule has 11 nitrogen and oxygen atoms in total. The molecule has 0 bridgehead atoms. The third kappa shape index (κ3) is 7.21. The minimum absolute atomic E-state index is 0.207. The summed E-state index contributed by atoms with van der Waals surface area (Å²) in [6, 6.07) is 15.3. The number of aromatic nitrogens is 2. The molecule has 0 radical (unpaired) electrons. The number of alkyl halides is 3. The second kappa shape index (κ2) is 12.3. The van der Waals surface area contributed by atoms with E-state index in [2.05, 4.69) is 36.6 Å². The van der Waals surface area contributed by atoms with Crippen LogP contribution in [0.2, 0.25) is 0 Å². The van der Waals surface area contributed by atoms with Crippen LogP contribution in [0.4, 0.5) is 30.4 Å². The molecule has 242 valence electrons. The Bertz CT molecular complexity index is 1440. The van der Waals surface area contributed by atoms with E-state index < -0.39 is 16.9 Å². The van der Waals surface area contributed by atoms with E-state index >= 15 is 0 Å². The molecule has 6 rings (SSSR count). The van der Waals surface area contributed by atoms with Gasteiger partial charge >= 0.3 is 18.2 Å². The van der Waals surface area contributed by atoms with Crippen LogP contribution in [0.5, 0.6) is 17.5 Å². The van der Waals surface area contributed by atoms with E-state index in [4.69, 9.17) is 9.47 Å². The molecular formula is C31H37F3N6O5. The molecule has 45 heavy (non-hydrogen) atoms. The SMILES string of the molecule is CN(c1ccc(OC(F)(F)F)cc1)C1CCN(C2CCN(c3ccc(OC[C@@]4(C)Cn5cc([N+](=O)[O-])nc5O4)cc3)CC2)CC1. The molecule has 2 saturated heterocycles. The van der Waals surface area contributed by atoms with Gasteiger partial charge in [0.05, 0.1) is 6.54 Å². The zero-order chi connectivity index (χ0) is 31.8. The number of halogens is 3. The van der Waals surface area contributed by atoms with E-state index in [0.717, 1.165) is 69.0 Å². The molecule has 3 aromatic rings. The minimum atomic E-state index is -4.69. The van der Waals surface area contributed by atoms with Crippen molar-refractivity contribution >= 4 is 17.2 Å². The number of likely N-dealkylation sites (tertiary alicyclic amines) is 1. The number of ether oxygens (including phenoxy) is 3. The Morgan fingerprint density at radius 2 is 1.67 bits per heavy atom. The first-order chi connectivity index (χ1) is 21.4. The van der Waals surface area contributed by atoms with Crippen molar-refractivity contribution in [1.29, 1.82) is 0 Å². The lowest BCUT2D eigenvalue weighted by molar-refractivity contribution is -0.389. The maximum Gasteiger partial charge on any atom is 0.573 e. The second-order valence-corrected chi connectivity index (χ2v) is 12.2. The molecule has 0 amide bonds. The summed E-state index contributed by atoms with van der Waals surface area (Å²) in [5.74, 6) is 0.294. The number of benzene rings is 2. The fourth-order valence-electron chi connectivity index (χ4n) is 6.57. The van der Waals surface area contributed by atoms with E-state index in [1.807, 2.05) is 26.1 Å². The van der Waals surface area contributed by atoms with Crippen LogP contribution in [0.25, 0.3) is 0 Å². The molecule has 4 heterocycles. The zero-order valence-corrected chi connectivity index (χ0v) is 25.3. The smallest absolute Gasteiger partial charge is 0.489 e. The summed E-state index contributed by atoms with van der Waals surface area (Å²) in [4.78, 5) is 21.5. The molecule has 0 aliphatic carbocycles. The summed E-state index contributed by atoms with van der Waals surface area (Å²) >= 11 is 0. The number of nitro groups is 1. The second-order valence-electron chi connectivity index (χ2n) is 12.2. The fourth-order valence-corrected chi connectivity index (χ4v) is 6.57. The maximum atomic E-state index is 12.5. The molecule has 3 aliphatic heterocycles. The number of fused-ring (bicyclic) bond motifs is 1. The molecule has 0 unspecified atom stereocenters. The molecule has 1 aromatic heterocycles. The Morgan fingerprint density at radius 1 is 1.02 bits per heavy atom. The van der Waals surface area contributed by atoms with Crippen LogP contribution < -0.4 is 24.0 Å². The third-order valence-electron chi connectivity index (χ3n) is 9.01. The highest BCUT2D eigenvalue weighted by atomic mass is 19.4. The number of anilines is 2. The van der Waals surface area contributed by atoms with Gasteiger partial charge in [-0.25, -0.2) is 0 Å². The van der Waals surface area contributed by atoms with Crippen molar-refractivity contribution in [2.45, 2.75) is 63.2 Å². The van der Waals surface area contributed by atoms with Crippen molar-refractivity contribution in [2.75, 3.05) is 49.6 Å². The summed E-state index contributed by atoms with van der Waals surface area (Å²) in [5, 5.41) is 10.9. The first-order valence-corrected chi connectivity index (χ1v) is 15.2. The molecule has 14 heteroatoms. The molecule has 3 aliphatic rings. The molecule has 0 saturated carbocycles. The zero-order valence-electron chi connectivity index (χ0n) is 25.3. The Kier molecular flexibility index (Phi) is 8.42. The largest absolute Gasteiger partial charge is 0.573 e. The van der Waals surface area contributed by atoms with Crippen LogP contribution in [-0.2, 0) is 6.54 Å². The highest BCUT2D eigenvalue weighted by Gasteiger charge is 2.41. The third-order valence-corrected chi connectivity index (χ3v) is 9.01. The van der Waals surface area contributed by atoms with Crippen LogP contribution in [0.15, 0.2) is 54.7 Å². The van der Waals surface area contributed by atoms with E-state index in [0.29, 0.717) is 18.6 Å². The fraction of sp³-hybridized carbons (Fsp3) is 0.516. The summed E-state index contributed by atoms with van der Waals surface area (Å²) < 4.78 is 54.9. The molecule has 2 aromatic carbocycles. The normalized spacial score (nSPS) is 21.3. The van der Waals surface area contributed by atoms with E-state index in [-0.39, 0.29) is 24.2 Å². The van der Waals surface area contributed by atoms with Crippen LogP contribution in [-0.4, -0.2) is 83.3 Å². The maximum absolute atomic E-state index is 12.5. The predicted octanol–water partition coefficient (Wildman–Crippen LogP) is 5.49.